The molecular weight excluding hydrogens is 567 g/mol. The van der Waals surface area contributed by atoms with Gasteiger partial charge in [-0.3, -0.25) is 0 Å². The van der Waals surface area contributed by atoms with Gasteiger partial charge in [0.15, 0.2) is 12.1 Å². The number of halogens is 2. The highest BCUT2D eigenvalue weighted by atomic mass is 35.5. The van der Waals surface area contributed by atoms with Crippen LogP contribution < -0.4 is 10.5 Å². The standard InChI is InChI=1S/C34H34ClFN4O3/c1-42-25-14-15-26(28(35)20-25)33(22-5-4-6-22)32(23-11-8-21(9-12-23)10-17-30(37)39-41)24-13-16-29-27(19-24)34(36)38-40(29)31-7-2-3-18-43-31/h8-17,19-20,22,31,41H,2-7,18H2,1H3,(H2,37,39). The number of aromatic nitrogens is 2. The van der Waals surface area contributed by atoms with Crippen LogP contribution in [0.5, 0.6) is 5.75 Å². The lowest BCUT2D eigenvalue weighted by Gasteiger charge is -2.32. The maximum absolute atomic E-state index is 15.5. The van der Waals surface area contributed by atoms with Crippen molar-refractivity contribution in [2.24, 2.45) is 16.8 Å². The summed E-state index contributed by atoms with van der Waals surface area (Å²) in [5, 5.41) is 17.2. The Morgan fingerprint density at radius 2 is 1.86 bits per heavy atom. The first kappa shape index (κ1) is 29.0. The van der Waals surface area contributed by atoms with E-state index < -0.39 is 5.95 Å². The number of amidine groups is 1. The molecule has 4 aromatic rings. The average Bonchev–Trinajstić information content (AvgIpc) is 3.35. The maximum Gasteiger partial charge on any atom is 0.240 e. The van der Waals surface area contributed by atoms with Crippen LogP contribution in [0.2, 0.25) is 5.02 Å². The van der Waals surface area contributed by atoms with Gasteiger partial charge in [0.25, 0.3) is 0 Å². The second-order valence-electron chi connectivity index (χ2n) is 11.0. The van der Waals surface area contributed by atoms with E-state index in [1.807, 2.05) is 60.7 Å². The lowest BCUT2D eigenvalue weighted by atomic mass is 9.73. The molecule has 222 valence electrons. The van der Waals surface area contributed by atoms with Crippen molar-refractivity contribution in [3.8, 4) is 5.75 Å². The molecule has 1 aliphatic carbocycles. The second-order valence-corrected chi connectivity index (χ2v) is 11.4. The Kier molecular flexibility index (Phi) is 8.49. The van der Waals surface area contributed by atoms with Crippen LogP contribution in [0.3, 0.4) is 0 Å². The quantitative estimate of drug-likeness (QED) is 0.0701. The van der Waals surface area contributed by atoms with Crippen LogP contribution >= 0.6 is 11.6 Å². The molecule has 0 bridgehead atoms. The summed E-state index contributed by atoms with van der Waals surface area (Å²) in [7, 11) is 1.62. The van der Waals surface area contributed by atoms with Gasteiger partial charge in [0, 0.05) is 6.61 Å². The van der Waals surface area contributed by atoms with Crippen LogP contribution in [0.4, 0.5) is 4.39 Å². The van der Waals surface area contributed by atoms with Crippen molar-refractivity contribution in [2.45, 2.75) is 44.8 Å². The number of ether oxygens (including phenoxy) is 2. The molecule has 7 nitrogen and oxygen atoms in total. The van der Waals surface area contributed by atoms with Gasteiger partial charge < -0.3 is 20.4 Å². The van der Waals surface area contributed by atoms with Crippen LogP contribution in [-0.4, -0.2) is 34.5 Å². The van der Waals surface area contributed by atoms with Gasteiger partial charge in [-0.15, -0.1) is 5.10 Å². The van der Waals surface area contributed by atoms with Gasteiger partial charge in [0.2, 0.25) is 5.95 Å². The number of methoxy groups -OCH3 is 1. The molecule has 3 N–H and O–H groups in total. The zero-order valence-corrected chi connectivity index (χ0v) is 24.7. The van der Waals surface area contributed by atoms with E-state index >= 15 is 4.39 Å². The number of rotatable bonds is 8. The van der Waals surface area contributed by atoms with E-state index in [1.165, 1.54) is 6.08 Å². The molecule has 1 aromatic heterocycles. The van der Waals surface area contributed by atoms with Crippen LogP contribution in [0.1, 0.15) is 67.0 Å². The van der Waals surface area contributed by atoms with Crippen molar-refractivity contribution < 1.29 is 19.1 Å². The van der Waals surface area contributed by atoms with E-state index in [0.29, 0.717) is 34.2 Å². The number of hydrogen-bond donors (Lipinski definition) is 2. The van der Waals surface area contributed by atoms with Gasteiger partial charge in [-0.2, -0.15) is 4.39 Å². The van der Waals surface area contributed by atoms with Crippen LogP contribution in [0.25, 0.3) is 28.1 Å². The molecule has 2 fully saturated rings. The smallest absolute Gasteiger partial charge is 0.240 e. The fraction of sp³-hybridized carbons (Fsp3) is 0.294. The highest BCUT2D eigenvalue weighted by Crippen LogP contribution is 2.47. The van der Waals surface area contributed by atoms with Crippen molar-refractivity contribution in [2.75, 3.05) is 13.7 Å². The molecule has 6 rings (SSSR count). The van der Waals surface area contributed by atoms with Crippen molar-refractivity contribution in [1.82, 2.24) is 9.78 Å². The first-order valence-corrected chi connectivity index (χ1v) is 15.0. The Balaban J connectivity index is 1.54. The molecule has 43 heavy (non-hydrogen) atoms. The van der Waals surface area contributed by atoms with Gasteiger partial charge in [-0.05, 0) is 108 Å². The minimum atomic E-state index is -0.512. The number of hydrogen-bond acceptors (Lipinski definition) is 5. The average molecular weight is 601 g/mol. The van der Waals surface area contributed by atoms with E-state index in [-0.39, 0.29) is 12.1 Å². The zero-order chi connectivity index (χ0) is 29.9. The van der Waals surface area contributed by atoms with Gasteiger partial charge in [-0.1, -0.05) is 59.6 Å². The number of oxime groups is 1. The van der Waals surface area contributed by atoms with Crippen LogP contribution in [0.15, 0.2) is 71.9 Å². The Hall–Kier alpha value is -4.14. The number of fused-ring (bicyclic) bond motifs is 1. The summed E-state index contributed by atoms with van der Waals surface area (Å²) in [5.41, 5.74) is 12.1. The summed E-state index contributed by atoms with van der Waals surface area (Å²) in [4.78, 5) is 0. The number of allylic oxidation sites excluding steroid dienone is 1. The lowest BCUT2D eigenvalue weighted by Crippen LogP contribution is -2.19. The van der Waals surface area contributed by atoms with E-state index in [4.69, 9.17) is 32.0 Å². The molecule has 1 atom stereocenters. The number of benzene rings is 3. The molecule has 1 aliphatic heterocycles. The fourth-order valence-corrected chi connectivity index (χ4v) is 6.22. The normalized spacial score (nSPS) is 18.6. The molecule has 1 saturated heterocycles. The third kappa shape index (κ3) is 5.90. The van der Waals surface area contributed by atoms with E-state index in [9.17, 15) is 0 Å². The Morgan fingerprint density at radius 3 is 2.51 bits per heavy atom. The summed E-state index contributed by atoms with van der Waals surface area (Å²) in [5.74, 6) is 0.480. The maximum atomic E-state index is 15.5. The highest BCUT2D eigenvalue weighted by molar-refractivity contribution is 6.33. The Bertz CT molecular complexity index is 1720. The van der Waals surface area contributed by atoms with Crippen molar-refractivity contribution in [3.05, 3.63) is 100.0 Å². The summed E-state index contributed by atoms with van der Waals surface area (Å²) in [6, 6.07) is 19.7. The second kappa shape index (κ2) is 12.6. The minimum Gasteiger partial charge on any atom is -0.497 e. The summed E-state index contributed by atoms with van der Waals surface area (Å²) in [6.07, 6.45) is 9.09. The van der Waals surface area contributed by atoms with Gasteiger partial charge >= 0.3 is 0 Å². The molecule has 0 radical (unpaired) electrons. The first-order valence-electron chi connectivity index (χ1n) is 14.6. The Morgan fingerprint density at radius 1 is 1.07 bits per heavy atom. The molecular formula is C34H34ClFN4O3. The largest absolute Gasteiger partial charge is 0.497 e. The first-order chi connectivity index (χ1) is 21.0. The van der Waals surface area contributed by atoms with Gasteiger partial charge in [0.05, 0.1) is 23.0 Å². The predicted molar refractivity (Wildman–Crippen MR) is 169 cm³/mol. The minimum absolute atomic E-state index is 0.0144. The lowest BCUT2D eigenvalue weighted by molar-refractivity contribution is -0.0375. The van der Waals surface area contributed by atoms with E-state index in [2.05, 4.69) is 10.3 Å². The summed E-state index contributed by atoms with van der Waals surface area (Å²) in [6.45, 7) is 0.649. The van der Waals surface area contributed by atoms with Crippen molar-refractivity contribution in [1.29, 1.82) is 0 Å². The monoisotopic (exact) mass is 600 g/mol. The molecule has 2 heterocycles. The topological polar surface area (TPSA) is 94.9 Å². The summed E-state index contributed by atoms with van der Waals surface area (Å²) < 4.78 is 28.5. The SMILES string of the molecule is COc1ccc(C(=C(c2ccc(C=CC(N)=NO)cc2)c2ccc3c(c2)c(F)nn3C2CCCCO2)C2CCC2)c(Cl)c1. The predicted octanol–water partition coefficient (Wildman–Crippen LogP) is 8.06. The third-order valence-corrected chi connectivity index (χ3v) is 8.70. The highest BCUT2D eigenvalue weighted by Gasteiger charge is 2.29. The third-order valence-electron chi connectivity index (χ3n) is 8.39. The molecule has 0 spiro atoms. The molecule has 3 aromatic carbocycles. The number of nitrogens with two attached hydrogens (primary N) is 1. The molecule has 9 heteroatoms. The van der Waals surface area contributed by atoms with Crippen LogP contribution in [0, 0.1) is 11.9 Å². The molecule has 1 unspecified atom stereocenters. The van der Waals surface area contributed by atoms with Crippen LogP contribution in [-0.2, 0) is 4.74 Å². The molecule has 2 aliphatic rings. The van der Waals surface area contributed by atoms with Gasteiger partial charge in [-0.25, -0.2) is 4.68 Å². The van der Waals surface area contributed by atoms with E-state index in [1.54, 1.807) is 17.9 Å². The van der Waals surface area contributed by atoms with Gasteiger partial charge in [0.1, 0.15) is 5.75 Å². The zero-order valence-electron chi connectivity index (χ0n) is 24.0. The summed E-state index contributed by atoms with van der Waals surface area (Å²) >= 11 is 6.91. The Labute approximate surface area is 255 Å². The van der Waals surface area contributed by atoms with Crippen molar-refractivity contribution in [3.63, 3.8) is 0 Å². The van der Waals surface area contributed by atoms with Crippen molar-refractivity contribution >= 4 is 45.6 Å². The molecule has 1 saturated carbocycles. The molecule has 0 amide bonds. The number of nitrogens with zero attached hydrogens (tertiary/aromatic N) is 3. The fourth-order valence-electron chi connectivity index (χ4n) is 5.95. The van der Waals surface area contributed by atoms with E-state index in [0.717, 1.165) is 71.9 Å².